The fourth-order valence-corrected chi connectivity index (χ4v) is 3.45. The second-order valence-electron chi connectivity index (χ2n) is 6.77. The summed E-state index contributed by atoms with van der Waals surface area (Å²) < 4.78 is 5.16. The smallest absolute Gasteiger partial charge is 0.227 e. The van der Waals surface area contributed by atoms with Crippen molar-refractivity contribution in [1.29, 1.82) is 0 Å². The number of hydrogen-bond acceptors (Lipinski definition) is 4. The Labute approximate surface area is 170 Å². The molecule has 1 aliphatic rings. The number of rotatable bonds is 5. The summed E-state index contributed by atoms with van der Waals surface area (Å²) in [5.74, 6) is 0.770. The topological polar surface area (TPSA) is 73.8 Å². The Balaban J connectivity index is 1.44. The minimum atomic E-state index is -0.0831. The van der Waals surface area contributed by atoms with E-state index >= 15 is 0 Å². The molecule has 0 unspecified atom stereocenters. The standard InChI is InChI=1S/C21H25N3O3S/c1-27-17-8-6-15(7-9-17)14-22-21(28)24-12-10-16(11-13-24)20(26)23-18-4-2-3-5-19(18)25/h2-9,16,25H,10-14H2,1H3,(H,22,28)(H,23,26). The lowest BCUT2D eigenvalue weighted by Crippen LogP contribution is -2.45. The van der Waals surface area contributed by atoms with Crippen molar-refractivity contribution in [2.45, 2.75) is 19.4 Å². The summed E-state index contributed by atoms with van der Waals surface area (Å²) in [4.78, 5) is 14.6. The number of carbonyl (C=O) groups excluding carboxylic acids is 1. The van der Waals surface area contributed by atoms with E-state index in [4.69, 9.17) is 17.0 Å². The summed E-state index contributed by atoms with van der Waals surface area (Å²) in [6, 6.07) is 14.6. The molecule has 0 aliphatic carbocycles. The van der Waals surface area contributed by atoms with Gasteiger partial charge in [0.15, 0.2) is 5.11 Å². The molecule has 2 aromatic carbocycles. The number of methoxy groups -OCH3 is 1. The van der Waals surface area contributed by atoms with E-state index in [-0.39, 0.29) is 17.6 Å². The number of thiocarbonyl (C=S) groups is 1. The van der Waals surface area contributed by atoms with Crippen molar-refractivity contribution < 1.29 is 14.6 Å². The van der Waals surface area contributed by atoms with E-state index in [0.29, 0.717) is 17.3 Å². The SMILES string of the molecule is COc1ccc(CNC(=S)N2CCC(C(=O)Nc3ccccc3O)CC2)cc1. The maximum Gasteiger partial charge on any atom is 0.227 e. The number of amides is 1. The second-order valence-corrected chi connectivity index (χ2v) is 7.16. The number of ether oxygens (including phenoxy) is 1. The predicted octanol–water partition coefficient (Wildman–Crippen LogP) is 3.13. The quantitative estimate of drug-likeness (QED) is 0.530. The number of phenolic OH excluding ortho intramolecular Hbond substituents is 1. The molecule has 7 heteroatoms. The van der Waals surface area contributed by atoms with Gasteiger partial charge >= 0.3 is 0 Å². The van der Waals surface area contributed by atoms with E-state index < -0.39 is 0 Å². The molecule has 6 nitrogen and oxygen atoms in total. The van der Waals surface area contributed by atoms with Gasteiger partial charge in [-0.1, -0.05) is 24.3 Å². The van der Waals surface area contributed by atoms with Gasteiger partial charge in [0.25, 0.3) is 0 Å². The number of para-hydroxylation sites is 2. The van der Waals surface area contributed by atoms with Gasteiger partial charge in [-0.25, -0.2) is 0 Å². The van der Waals surface area contributed by atoms with Crippen LogP contribution in [-0.2, 0) is 11.3 Å². The Bertz CT molecular complexity index is 818. The number of hydrogen-bond donors (Lipinski definition) is 3. The zero-order valence-electron chi connectivity index (χ0n) is 15.9. The Morgan fingerprint density at radius 2 is 1.86 bits per heavy atom. The first-order valence-electron chi connectivity index (χ1n) is 9.31. The molecule has 3 rings (SSSR count). The lowest BCUT2D eigenvalue weighted by Gasteiger charge is -2.33. The van der Waals surface area contributed by atoms with Gasteiger partial charge in [0.2, 0.25) is 5.91 Å². The number of carbonyl (C=O) groups is 1. The normalized spacial score (nSPS) is 14.4. The van der Waals surface area contributed by atoms with E-state index in [1.807, 2.05) is 24.3 Å². The van der Waals surface area contributed by atoms with Gasteiger partial charge < -0.3 is 25.4 Å². The summed E-state index contributed by atoms with van der Waals surface area (Å²) >= 11 is 5.50. The van der Waals surface area contributed by atoms with Crippen molar-refractivity contribution in [3.8, 4) is 11.5 Å². The van der Waals surface area contributed by atoms with Gasteiger partial charge in [0.05, 0.1) is 12.8 Å². The number of nitrogens with one attached hydrogen (secondary N) is 2. The molecule has 0 radical (unpaired) electrons. The summed E-state index contributed by atoms with van der Waals surface area (Å²) in [5.41, 5.74) is 1.58. The molecular weight excluding hydrogens is 374 g/mol. The first-order valence-corrected chi connectivity index (χ1v) is 9.72. The van der Waals surface area contributed by atoms with Crippen LogP contribution in [0.3, 0.4) is 0 Å². The molecule has 28 heavy (non-hydrogen) atoms. The third-order valence-electron chi connectivity index (χ3n) is 4.92. The Morgan fingerprint density at radius 1 is 1.18 bits per heavy atom. The van der Waals surface area contributed by atoms with Crippen LogP contribution in [0.25, 0.3) is 0 Å². The van der Waals surface area contributed by atoms with Crippen LogP contribution in [0.1, 0.15) is 18.4 Å². The predicted molar refractivity (Wildman–Crippen MR) is 113 cm³/mol. The number of aromatic hydroxyl groups is 1. The summed E-state index contributed by atoms with van der Waals surface area (Å²) in [5, 5.41) is 16.6. The van der Waals surface area contributed by atoms with E-state index in [1.54, 1.807) is 31.4 Å². The molecule has 0 saturated carbocycles. The van der Waals surface area contributed by atoms with Crippen LogP contribution in [-0.4, -0.2) is 41.2 Å². The minimum Gasteiger partial charge on any atom is -0.506 e. The number of nitrogens with zero attached hydrogens (tertiary/aromatic N) is 1. The summed E-state index contributed by atoms with van der Waals surface area (Å²) in [6.45, 7) is 2.11. The lowest BCUT2D eigenvalue weighted by molar-refractivity contribution is -0.121. The average Bonchev–Trinajstić information content (AvgIpc) is 2.74. The largest absolute Gasteiger partial charge is 0.506 e. The molecule has 1 saturated heterocycles. The van der Waals surface area contributed by atoms with Crippen LogP contribution in [0.4, 0.5) is 5.69 Å². The van der Waals surface area contributed by atoms with Crippen molar-refractivity contribution in [3.63, 3.8) is 0 Å². The van der Waals surface area contributed by atoms with E-state index in [0.717, 1.165) is 37.2 Å². The van der Waals surface area contributed by atoms with Crippen LogP contribution in [0.2, 0.25) is 0 Å². The van der Waals surface area contributed by atoms with Crippen LogP contribution >= 0.6 is 12.2 Å². The Morgan fingerprint density at radius 3 is 2.50 bits per heavy atom. The van der Waals surface area contributed by atoms with Crippen molar-refractivity contribution in [2.75, 3.05) is 25.5 Å². The maximum atomic E-state index is 12.5. The molecule has 148 valence electrons. The molecule has 0 atom stereocenters. The Kier molecular flexibility index (Phi) is 6.71. The summed E-state index contributed by atoms with van der Waals surface area (Å²) in [6.07, 6.45) is 1.45. The molecular formula is C21H25N3O3S. The highest BCUT2D eigenvalue weighted by molar-refractivity contribution is 7.80. The molecule has 1 heterocycles. The molecule has 1 aliphatic heterocycles. The van der Waals surface area contributed by atoms with E-state index in [2.05, 4.69) is 15.5 Å². The van der Waals surface area contributed by atoms with Gasteiger partial charge in [-0.05, 0) is 54.9 Å². The fraction of sp³-hybridized carbons (Fsp3) is 0.333. The van der Waals surface area contributed by atoms with E-state index in [1.165, 1.54) is 0 Å². The second kappa shape index (κ2) is 9.41. The van der Waals surface area contributed by atoms with Crippen molar-refractivity contribution in [2.24, 2.45) is 5.92 Å². The molecule has 1 amide bonds. The summed E-state index contributed by atoms with van der Waals surface area (Å²) in [7, 11) is 1.65. The molecule has 0 spiro atoms. The highest BCUT2D eigenvalue weighted by Gasteiger charge is 2.26. The monoisotopic (exact) mass is 399 g/mol. The van der Waals surface area contributed by atoms with Gasteiger partial charge in [0, 0.05) is 25.6 Å². The van der Waals surface area contributed by atoms with Gasteiger partial charge in [0.1, 0.15) is 11.5 Å². The highest BCUT2D eigenvalue weighted by atomic mass is 32.1. The van der Waals surface area contributed by atoms with E-state index in [9.17, 15) is 9.90 Å². The Hall–Kier alpha value is -2.80. The third-order valence-corrected chi connectivity index (χ3v) is 5.32. The maximum absolute atomic E-state index is 12.5. The lowest BCUT2D eigenvalue weighted by atomic mass is 9.96. The van der Waals surface area contributed by atoms with Gasteiger partial charge in [-0.2, -0.15) is 0 Å². The number of anilines is 1. The van der Waals surface area contributed by atoms with Crippen molar-refractivity contribution in [3.05, 3.63) is 54.1 Å². The third kappa shape index (κ3) is 5.13. The molecule has 3 N–H and O–H groups in total. The van der Waals surface area contributed by atoms with Crippen LogP contribution < -0.4 is 15.4 Å². The fourth-order valence-electron chi connectivity index (χ4n) is 3.19. The number of phenols is 1. The average molecular weight is 400 g/mol. The highest BCUT2D eigenvalue weighted by Crippen LogP contribution is 2.25. The van der Waals surface area contributed by atoms with Gasteiger partial charge in [-0.15, -0.1) is 0 Å². The number of benzene rings is 2. The first-order chi connectivity index (χ1) is 13.6. The number of piperidine rings is 1. The minimum absolute atomic E-state index is 0.0572. The zero-order chi connectivity index (χ0) is 19.9. The number of likely N-dealkylation sites (tertiary alicyclic amines) is 1. The molecule has 2 aromatic rings. The van der Waals surface area contributed by atoms with Crippen LogP contribution in [0, 0.1) is 5.92 Å². The van der Waals surface area contributed by atoms with Crippen molar-refractivity contribution in [1.82, 2.24) is 10.2 Å². The van der Waals surface area contributed by atoms with Gasteiger partial charge in [-0.3, -0.25) is 4.79 Å². The van der Waals surface area contributed by atoms with Crippen LogP contribution in [0.5, 0.6) is 11.5 Å². The molecule has 0 aromatic heterocycles. The molecule has 1 fully saturated rings. The molecule has 0 bridgehead atoms. The zero-order valence-corrected chi connectivity index (χ0v) is 16.7. The first kappa shape index (κ1) is 19.9. The van der Waals surface area contributed by atoms with Crippen molar-refractivity contribution >= 4 is 28.9 Å². The van der Waals surface area contributed by atoms with Crippen LogP contribution in [0.15, 0.2) is 48.5 Å².